The first-order chi connectivity index (χ1) is 8.45. The van der Waals surface area contributed by atoms with E-state index in [0.717, 1.165) is 4.90 Å². The van der Waals surface area contributed by atoms with E-state index in [0.29, 0.717) is 0 Å². The summed E-state index contributed by atoms with van der Waals surface area (Å²) in [5.41, 5.74) is 0. The molecule has 0 saturated carbocycles. The minimum Gasteiger partial charge on any atom is -0.480 e. The second-order valence-corrected chi connectivity index (χ2v) is 3.75. The minimum atomic E-state index is -1.33. The van der Waals surface area contributed by atoms with Gasteiger partial charge in [-0.3, -0.25) is 4.90 Å². The Bertz CT molecular complexity index is 347. The Morgan fingerprint density at radius 3 is 2.56 bits per heavy atom. The lowest BCUT2D eigenvalue weighted by Gasteiger charge is -2.16. The highest BCUT2D eigenvalue weighted by Crippen LogP contribution is 2.18. The van der Waals surface area contributed by atoms with E-state index >= 15 is 0 Å². The molecule has 0 aliphatic carbocycles. The molecule has 0 unspecified atom stereocenters. The Balaban J connectivity index is 2.55. The number of alkyl carbamates (subject to hydrolysis) is 1. The van der Waals surface area contributed by atoms with E-state index in [1.807, 2.05) is 0 Å². The van der Waals surface area contributed by atoms with Crippen LogP contribution >= 0.6 is 0 Å². The largest absolute Gasteiger partial charge is 0.480 e. The molecular weight excluding hydrogens is 244 g/mol. The summed E-state index contributed by atoms with van der Waals surface area (Å²) < 4.78 is 4.66. The molecule has 100 valence electrons. The van der Waals surface area contributed by atoms with Crippen LogP contribution in [0.1, 0.15) is 6.42 Å². The predicted molar refractivity (Wildman–Crippen MR) is 59.2 cm³/mol. The molecule has 2 atom stereocenters. The van der Waals surface area contributed by atoms with Gasteiger partial charge in [0.05, 0.1) is 6.04 Å². The van der Waals surface area contributed by atoms with Gasteiger partial charge in [-0.1, -0.05) is 12.7 Å². The maximum atomic E-state index is 11.2. The molecule has 0 aromatic rings. The highest BCUT2D eigenvalue weighted by molar-refractivity contribution is 5.80. The number of nitrogens with one attached hydrogen (secondary N) is 1. The quantitative estimate of drug-likeness (QED) is 0.616. The van der Waals surface area contributed by atoms with Gasteiger partial charge in [0.2, 0.25) is 0 Å². The van der Waals surface area contributed by atoms with Gasteiger partial charge in [-0.25, -0.2) is 14.4 Å². The standard InChI is InChI=1S/C10H14N2O6/c1-2-3-18-9(15)11-6-4-7(8(13)14)12(5-6)10(16)17/h2,6-7H,1,3-5H2,(H,11,15)(H,13,14)(H,16,17)/t6-,7+/m0/s1. The topological polar surface area (TPSA) is 116 Å². The van der Waals surface area contributed by atoms with E-state index in [4.69, 9.17) is 10.2 Å². The van der Waals surface area contributed by atoms with Gasteiger partial charge < -0.3 is 20.3 Å². The van der Waals surface area contributed by atoms with Crippen LogP contribution in [0.5, 0.6) is 0 Å². The average Bonchev–Trinajstić information content (AvgIpc) is 2.70. The van der Waals surface area contributed by atoms with Gasteiger partial charge in [0.25, 0.3) is 0 Å². The summed E-state index contributed by atoms with van der Waals surface area (Å²) in [7, 11) is 0. The van der Waals surface area contributed by atoms with E-state index in [-0.39, 0.29) is 19.6 Å². The number of hydrogen-bond donors (Lipinski definition) is 3. The minimum absolute atomic E-state index is 0.0187. The molecule has 1 aliphatic rings. The van der Waals surface area contributed by atoms with Crippen molar-refractivity contribution >= 4 is 18.2 Å². The van der Waals surface area contributed by atoms with Crippen LogP contribution in [0.3, 0.4) is 0 Å². The van der Waals surface area contributed by atoms with Crippen LogP contribution in [0.25, 0.3) is 0 Å². The normalized spacial score (nSPS) is 22.3. The van der Waals surface area contributed by atoms with Crippen molar-refractivity contribution in [3.63, 3.8) is 0 Å². The third kappa shape index (κ3) is 3.37. The predicted octanol–water partition coefficient (Wildman–Crippen LogP) is 0.104. The zero-order valence-corrected chi connectivity index (χ0v) is 9.54. The van der Waals surface area contributed by atoms with Gasteiger partial charge in [0.1, 0.15) is 12.6 Å². The van der Waals surface area contributed by atoms with Crippen LogP contribution in [0.2, 0.25) is 0 Å². The van der Waals surface area contributed by atoms with E-state index in [2.05, 4.69) is 16.6 Å². The fourth-order valence-corrected chi connectivity index (χ4v) is 1.73. The molecule has 8 nitrogen and oxygen atoms in total. The molecule has 0 aromatic heterocycles. The van der Waals surface area contributed by atoms with Gasteiger partial charge in [0, 0.05) is 13.0 Å². The number of nitrogens with zero attached hydrogens (tertiary/aromatic N) is 1. The molecule has 3 N–H and O–H groups in total. The lowest BCUT2D eigenvalue weighted by atomic mass is 10.2. The number of carboxylic acid groups (broad SMARTS) is 2. The van der Waals surface area contributed by atoms with E-state index in [9.17, 15) is 14.4 Å². The monoisotopic (exact) mass is 258 g/mol. The van der Waals surface area contributed by atoms with E-state index < -0.39 is 30.2 Å². The summed E-state index contributed by atoms with van der Waals surface area (Å²) in [4.78, 5) is 33.7. The molecular formula is C10H14N2O6. The van der Waals surface area contributed by atoms with Gasteiger partial charge in [-0.2, -0.15) is 0 Å². The third-order valence-electron chi connectivity index (χ3n) is 2.49. The summed E-state index contributed by atoms with van der Waals surface area (Å²) in [5, 5.41) is 20.1. The second kappa shape index (κ2) is 5.89. The second-order valence-electron chi connectivity index (χ2n) is 3.75. The summed E-state index contributed by atoms with van der Waals surface area (Å²) >= 11 is 0. The fourth-order valence-electron chi connectivity index (χ4n) is 1.73. The van der Waals surface area contributed by atoms with Crippen LogP contribution in [0.15, 0.2) is 12.7 Å². The first-order valence-corrected chi connectivity index (χ1v) is 5.22. The van der Waals surface area contributed by atoms with Crippen LogP contribution in [0.4, 0.5) is 9.59 Å². The van der Waals surface area contributed by atoms with Crippen LogP contribution in [-0.2, 0) is 9.53 Å². The van der Waals surface area contributed by atoms with Crippen molar-refractivity contribution < 1.29 is 29.3 Å². The molecule has 0 spiro atoms. The Morgan fingerprint density at radius 1 is 1.44 bits per heavy atom. The highest BCUT2D eigenvalue weighted by Gasteiger charge is 2.40. The van der Waals surface area contributed by atoms with Crippen molar-refractivity contribution in [3.05, 3.63) is 12.7 Å². The van der Waals surface area contributed by atoms with Crippen molar-refractivity contribution in [2.24, 2.45) is 0 Å². The first-order valence-electron chi connectivity index (χ1n) is 5.22. The number of hydrogen-bond acceptors (Lipinski definition) is 4. The molecule has 1 aliphatic heterocycles. The molecule has 0 radical (unpaired) electrons. The summed E-state index contributed by atoms with van der Waals surface area (Å²) in [6, 6.07) is -1.72. The van der Waals surface area contributed by atoms with Gasteiger partial charge >= 0.3 is 18.2 Å². The molecule has 8 heteroatoms. The SMILES string of the molecule is C=CCOC(=O)N[C@H]1C[C@H](C(=O)O)N(C(=O)O)C1. The van der Waals surface area contributed by atoms with E-state index in [1.165, 1.54) is 6.08 Å². The number of amides is 2. The highest BCUT2D eigenvalue weighted by atomic mass is 16.5. The van der Waals surface area contributed by atoms with Gasteiger partial charge in [-0.15, -0.1) is 0 Å². The fraction of sp³-hybridized carbons (Fsp3) is 0.500. The molecule has 2 amide bonds. The van der Waals surface area contributed by atoms with Crippen LogP contribution in [-0.4, -0.2) is 58.5 Å². The Labute approximate surface area is 103 Å². The lowest BCUT2D eigenvalue weighted by molar-refractivity contribution is -0.141. The number of carbonyl (C=O) groups excluding carboxylic acids is 1. The number of carbonyl (C=O) groups is 3. The maximum absolute atomic E-state index is 11.2. The van der Waals surface area contributed by atoms with Crippen LogP contribution < -0.4 is 5.32 Å². The van der Waals surface area contributed by atoms with E-state index in [1.54, 1.807) is 0 Å². The average molecular weight is 258 g/mol. The summed E-state index contributed by atoms with van der Waals surface area (Å²) in [6.07, 6.45) is -0.648. The number of ether oxygens (including phenoxy) is 1. The van der Waals surface area contributed by atoms with Crippen molar-refractivity contribution in [1.82, 2.24) is 10.2 Å². The third-order valence-corrected chi connectivity index (χ3v) is 2.49. The zero-order valence-electron chi connectivity index (χ0n) is 9.54. The van der Waals surface area contributed by atoms with Crippen molar-refractivity contribution in [3.8, 4) is 0 Å². The Morgan fingerprint density at radius 2 is 2.11 bits per heavy atom. The van der Waals surface area contributed by atoms with Gasteiger partial charge in [0.15, 0.2) is 0 Å². The molecule has 0 bridgehead atoms. The first kappa shape index (κ1) is 13.8. The molecule has 1 rings (SSSR count). The molecule has 1 fully saturated rings. The molecule has 1 saturated heterocycles. The van der Waals surface area contributed by atoms with Crippen LogP contribution in [0, 0.1) is 0 Å². The number of likely N-dealkylation sites (tertiary alicyclic amines) is 1. The zero-order chi connectivity index (χ0) is 13.7. The number of rotatable bonds is 4. The summed E-state index contributed by atoms with van der Waals surface area (Å²) in [6.45, 7) is 3.32. The molecule has 0 aromatic carbocycles. The maximum Gasteiger partial charge on any atom is 0.408 e. The van der Waals surface area contributed by atoms with Crippen molar-refractivity contribution in [1.29, 1.82) is 0 Å². The molecule has 1 heterocycles. The van der Waals surface area contributed by atoms with Crippen molar-refractivity contribution in [2.75, 3.05) is 13.2 Å². The number of carboxylic acids is 1. The van der Waals surface area contributed by atoms with Crippen molar-refractivity contribution in [2.45, 2.75) is 18.5 Å². The Hall–Kier alpha value is -2.25. The Kier molecular flexibility index (Phi) is 4.52. The summed E-state index contributed by atoms with van der Waals surface area (Å²) in [5.74, 6) is -1.24. The molecule has 18 heavy (non-hydrogen) atoms. The van der Waals surface area contributed by atoms with Gasteiger partial charge in [-0.05, 0) is 0 Å². The smallest absolute Gasteiger partial charge is 0.408 e. The lowest BCUT2D eigenvalue weighted by Crippen LogP contribution is -2.40. The number of aliphatic carboxylic acids is 1.